The number of allylic oxidation sites excluding steroid dienone is 4. The van der Waals surface area contributed by atoms with E-state index in [1.54, 1.807) is 30.4 Å². The number of hydrogen-bond acceptors (Lipinski definition) is 4. The molecule has 0 aromatic carbocycles. The first-order valence-corrected chi connectivity index (χ1v) is 4.32. The lowest BCUT2D eigenvalue weighted by Gasteiger charge is -1.86. The molecular formula is C10H11N3O2. The first-order valence-electron chi connectivity index (χ1n) is 4.32. The van der Waals surface area contributed by atoms with Gasteiger partial charge in [-0.1, -0.05) is 36.0 Å². The Bertz CT molecular complexity index is 380. The summed E-state index contributed by atoms with van der Waals surface area (Å²) in [6, 6.07) is 0. The molecular weight excluding hydrogens is 194 g/mol. The van der Waals surface area contributed by atoms with Crippen molar-refractivity contribution in [1.29, 1.82) is 0 Å². The third kappa shape index (κ3) is 4.04. The van der Waals surface area contributed by atoms with Crippen molar-refractivity contribution >= 4 is 12.5 Å². The van der Waals surface area contributed by atoms with Gasteiger partial charge < -0.3 is 9.84 Å². The average Bonchev–Trinajstić information content (AvgIpc) is 2.69. The molecule has 0 radical (unpaired) electrons. The molecule has 1 heterocycles. The number of amides is 1. The molecule has 78 valence electrons. The van der Waals surface area contributed by atoms with Gasteiger partial charge in [0.1, 0.15) is 0 Å². The number of aromatic nitrogens is 2. The van der Waals surface area contributed by atoms with Gasteiger partial charge in [-0.05, 0) is 0 Å². The Morgan fingerprint density at radius 1 is 1.40 bits per heavy atom. The highest BCUT2D eigenvalue weighted by Crippen LogP contribution is 1.99. The molecule has 5 nitrogen and oxygen atoms in total. The van der Waals surface area contributed by atoms with E-state index in [0.717, 1.165) is 0 Å². The van der Waals surface area contributed by atoms with Gasteiger partial charge in [0.05, 0.1) is 6.54 Å². The summed E-state index contributed by atoms with van der Waals surface area (Å²) in [5.41, 5.74) is 0. The summed E-state index contributed by atoms with van der Waals surface area (Å²) >= 11 is 0. The first-order chi connectivity index (χ1) is 7.36. The number of rotatable bonds is 6. The number of carbonyl (C=O) groups excluding carboxylic acids is 1. The SMILES string of the molecule is C=C/C=C\C=C\c1nc(CNC=O)no1. The second-order valence-corrected chi connectivity index (χ2v) is 2.53. The highest BCUT2D eigenvalue weighted by molar-refractivity contribution is 5.46. The lowest BCUT2D eigenvalue weighted by Crippen LogP contribution is -2.10. The largest absolute Gasteiger partial charge is 0.351 e. The minimum Gasteiger partial charge on any atom is -0.351 e. The Morgan fingerprint density at radius 2 is 2.27 bits per heavy atom. The van der Waals surface area contributed by atoms with E-state index < -0.39 is 0 Å². The molecule has 0 bridgehead atoms. The maximum Gasteiger partial charge on any atom is 0.250 e. The summed E-state index contributed by atoms with van der Waals surface area (Å²) < 4.78 is 4.88. The molecule has 0 aliphatic heterocycles. The number of carbonyl (C=O) groups is 1. The molecule has 0 fully saturated rings. The van der Waals surface area contributed by atoms with Crippen LogP contribution in [0.1, 0.15) is 11.7 Å². The van der Waals surface area contributed by atoms with Crippen LogP contribution in [0.3, 0.4) is 0 Å². The van der Waals surface area contributed by atoms with Gasteiger partial charge in [-0.25, -0.2) is 0 Å². The number of nitrogens with zero attached hydrogens (tertiary/aromatic N) is 2. The first kappa shape index (κ1) is 10.9. The van der Waals surface area contributed by atoms with Crippen molar-refractivity contribution in [2.45, 2.75) is 6.54 Å². The molecule has 0 spiro atoms. The summed E-state index contributed by atoms with van der Waals surface area (Å²) in [4.78, 5) is 14.0. The van der Waals surface area contributed by atoms with E-state index in [9.17, 15) is 4.79 Å². The van der Waals surface area contributed by atoms with Crippen LogP contribution < -0.4 is 5.32 Å². The van der Waals surface area contributed by atoms with E-state index in [-0.39, 0.29) is 6.54 Å². The van der Waals surface area contributed by atoms with Crippen molar-refractivity contribution in [1.82, 2.24) is 15.5 Å². The van der Waals surface area contributed by atoms with Gasteiger partial charge in [0.25, 0.3) is 5.89 Å². The highest BCUT2D eigenvalue weighted by Gasteiger charge is 2.00. The van der Waals surface area contributed by atoms with E-state index in [0.29, 0.717) is 18.1 Å². The van der Waals surface area contributed by atoms with Crippen molar-refractivity contribution < 1.29 is 9.32 Å². The second kappa shape index (κ2) is 6.31. The average molecular weight is 205 g/mol. The van der Waals surface area contributed by atoms with Crippen molar-refractivity contribution in [2.75, 3.05) is 0 Å². The van der Waals surface area contributed by atoms with E-state index in [4.69, 9.17) is 4.52 Å². The van der Waals surface area contributed by atoms with Gasteiger partial charge in [-0.3, -0.25) is 4.79 Å². The second-order valence-electron chi connectivity index (χ2n) is 2.53. The summed E-state index contributed by atoms with van der Waals surface area (Å²) in [7, 11) is 0. The summed E-state index contributed by atoms with van der Waals surface area (Å²) in [6.45, 7) is 3.80. The molecule has 1 aromatic heterocycles. The maximum absolute atomic E-state index is 10.00. The Labute approximate surface area is 87.2 Å². The fraction of sp³-hybridized carbons (Fsp3) is 0.100. The van der Waals surface area contributed by atoms with E-state index >= 15 is 0 Å². The minimum absolute atomic E-state index is 0.267. The van der Waals surface area contributed by atoms with Crippen LogP contribution in [0, 0.1) is 0 Å². The lowest BCUT2D eigenvalue weighted by molar-refractivity contribution is -0.109. The van der Waals surface area contributed by atoms with E-state index in [2.05, 4.69) is 22.0 Å². The number of hydrogen-bond donors (Lipinski definition) is 1. The molecule has 0 aliphatic rings. The van der Waals surface area contributed by atoms with Gasteiger partial charge in [-0.2, -0.15) is 4.98 Å². The van der Waals surface area contributed by atoms with Crippen LogP contribution in [0.4, 0.5) is 0 Å². The monoisotopic (exact) mass is 205 g/mol. The van der Waals surface area contributed by atoms with Crippen LogP contribution in [-0.4, -0.2) is 16.6 Å². The van der Waals surface area contributed by atoms with Crippen molar-refractivity contribution in [2.24, 2.45) is 0 Å². The van der Waals surface area contributed by atoms with Crippen molar-refractivity contribution in [3.05, 3.63) is 42.6 Å². The Kier molecular flexibility index (Phi) is 4.59. The van der Waals surface area contributed by atoms with Crippen LogP contribution in [0.15, 0.2) is 35.4 Å². The van der Waals surface area contributed by atoms with Gasteiger partial charge in [0.2, 0.25) is 6.41 Å². The Balaban J connectivity index is 2.51. The van der Waals surface area contributed by atoms with E-state index in [1.807, 2.05) is 0 Å². The quantitative estimate of drug-likeness (QED) is 0.557. The van der Waals surface area contributed by atoms with Gasteiger partial charge in [-0.15, -0.1) is 0 Å². The van der Waals surface area contributed by atoms with Crippen LogP contribution in [0.5, 0.6) is 0 Å². The lowest BCUT2D eigenvalue weighted by atomic mass is 10.4. The molecule has 1 N–H and O–H groups in total. The fourth-order valence-corrected chi connectivity index (χ4v) is 0.821. The molecule has 1 aromatic rings. The van der Waals surface area contributed by atoms with Crippen LogP contribution >= 0.6 is 0 Å². The maximum atomic E-state index is 10.00. The summed E-state index contributed by atoms with van der Waals surface area (Å²) in [5.74, 6) is 0.834. The molecule has 15 heavy (non-hydrogen) atoms. The third-order valence-corrected chi connectivity index (χ3v) is 1.42. The normalized spacial score (nSPS) is 10.9. The van der Waals surface area contributed by atoms with Crippen LogP contribution in [-0.2, 0) is 11.3 Å². The zero-order valence-corrected chi connectivity index (χ0v) is 8.09. The molecule has 0 unspecified atom stereocenters. The molecule has 1 amide bonds. The van der Waals surface area contributed by atoms with Gasteiger partial charge >= 0.3 is 0 Å². The summed E-state index contributed by atoms with van der Waals surface area (Å²) in [5, 5.41) is 6.09. The summed E-state index contributed by atoms with van der Waals surface area (Å²) in [6.07, 6.45) is 9.24. The predicted octanol–water partition coefficient (Wildman–Crippen LogP) is 1.07. The standard InChI is InChI=1S/C10H11N3O2/c1-2-3-4-5-6-10-12-9(13-15-10)7-11-8-14/h2-6,8H,1,7H2,(H,11,14)/b4-3-,6-5+. The zero-order chi connectivity index (χ0) is 10.9. The third-order valence-electron chi connectivity index (χ3n) is 1.42. The van der Waals surface area contributed by atoms with Gasteiger partial charge in [0, 0.05) is 6.08 Å². The Hall–Kier alpha value is -2.17. The Morgan fingerprint density at radius 3 is 3.00 bits per heavy atom. The molecule has 5 heteroatoms. The molecule has 0 saturated heterocycles. The van der Waals surface area contributed by atoms with Gasteiger partial charge in [0.15, 0.2) is 5.82 Å². The number of nitrogens with one attached hydrogen (secondary N) is 1. The predicted molar refractivity (Wildman–Crippen MR) is 55.6 cm³/mol. The molecule has 0 aliphatic carbocycles. The molecule has 0 atom stereocenters. The zero-order valence-electron chi connectivity index (χ0n) is 8.09. The minimum atomic E-state index is 0.267. The van der Waals surface area contributed by atoms with Crippen LogP contribution in [0.2, 0.25) is 0 Å². The fourth-order valence-electron chi connectivity index (χ4n) is 0.821. The van der Waals surface area contributed by atoms with Crippen LogP contribution in [0.25, 0.3) is 6.08 Å². The van der Waals surface area contributed by atoms with E-state index in [1.165, 1.54) is 0 Å². The smallest absolute Gasteiger partial charge is 0.250 e. The van der Waals surface area contributed by atoms with Crippen molar-refractivity contribution in [3.63, 3.8) is 0 Å². The molecule has 0 saturated carbocycles. The van der Waals surface area contributed by atoms with Crippen molar-refractivity contribution in [3.8, 4) is 0 Å². The topological polar surface area (TPSA) is 68.0 Å². The molecule has 1 rings (SSSR count). The highest BCUT2D eigenvalue weighted by atomic mass is 16.5.